The van der Waals surface area contributed by atoms with Crippen LogP contribution in [0.25, 0.3) is 11.3 Å². The molecule has 3 aliphatic heterocycles. The lowest BCUT2D eigenvalue weighted by atomic mass is 9.74. The van der Waals surface area contributed by atoms with Crippen LogP contribution < -0.4 is 4.72 Å². The zero-order valence-corrected chi connectivity index (χ0v) is 21.0. The van der Waals surface area contributed by atoms with Crippen LogP contribution in [0.3, 0.4) is 0 Å². The highest BCUT2D eigenvalue weighted by Crippen LogP contribution is 2.42. The van der Waals surface area contributed by atoms with Gasteiger partial charge in [0.25, 0.3) is 0 Å². The van der Waals surface area contributed by atoms with Gasteiger partial charge >= 0.3 is 0 Å². The van der Waals surface area contributed by atoms with E-state index in [2.05, 4.69) is 42.7 Å². The Morgan fingerprint density at radius 1 is 1.22 bits per heavy atom. The van der Waals surface area contributed by atoms with Crippen LogP contribution in [-0.2, 0) is 10.0 Å². The van der Waals surface area contributed by atoms with Crippen molar-refractivity contribution in [1.29, 1.82) is 0 Å². The molecule has 9 heteroatoms. The molecule has 32 heavy (non-hydrogen) atoms. The third kappa shape index (κ3) is 4.41. The van der Waals surface area contributed by atoms with Crippen molar-refractivity contribution in [2.45, 2.75) is 35.9 Å². The monoisotopic (exact) mass is 532 g/mol. The van der Waals surface area contributed by atoms with Crippen LogP contribution in [0.5, 0.6) is 0 Å². The Morgan fingerprint density at radius 3 is 2.78 bits per heavy atom. The molecule has 0 radical (unpaired) electrons. The summed E-state index contributed by atoms with van der Waals surface area (Å²) in [5.74, 6) is 1.62. The molecule has 1 N–H and O–H groups in total. The zero-order valence-electron chi connectivity index (χ0n) is 17.7. The maximum absolute atomic E-state index is 12.5. The number of fused-ring (bicyclic) bond motifs is 3. The van der Waals surface area contributed by atoms with E-state index in [9.17, 15) is 8.42 Å². The van der Waals surface area contributed by atoms with Gasteiger partial charge in [-0.1, -0.05) is 40.2 Å². The van der Waals surface area contributed by atoms with Gasteiger partial charge in [-0.2, -0.15) is 0 Å². The maximum atomic E-state index is 12.5. The van der Waals surface area contributed by atoms with Crippen LogP contribution in [0.15, 0.2) is 56.5 Å². The van der Waals surface area contributed by atoms with Crippen molar-refractivity contribution in [2.75, 3.05) is 19.6 Å². The number of hydrogen-bond donors (Lipinski definition) is 1. The number of thiophene rings is 1. The highest BCUT2D eigenvalue weighted by atomic mass is 79.9. The highest BCUT2D eigenvalue weighted by Gasteiger charge is 2.41. The van der Waals surface area contributed by atoms with Crippen molar-refractivity contribution >= 4 is 37.3 Å². The van der Waals surface area contributed by atoms with Crippen molar-refractivity contribution in [3.05, 3.63) is 63.8 Å². The standard InChI is InChI=1S/C23H25BrN4O2S2/c1-15-26-21(18-5-2-3-6-20(18)24)12-22(27-15)19-14-28-9-8-16(19)11-17(28)13-25-32(29,30)23-7-4-10-31-23/h2-7,10,12,16-17,19,25H,8-9,11,13-14H2,1H3. The second kappa shape index (κ2) is 8.95. The minimum atomic E-state index is -3.43. The maximum Gasteiger partial charge on any atom is 0.250 e. The number of halogens is 1. The molecule has 6 nitrogen and oxygen atoms in total. The molecule has 168 valence electrons. The SMILES string of the molecule is Cc1nc(-c2ccccc2Br)cc(C2CN3CCC2CC3CNS(=O)(=O)c2cccs2)n1. The zero-order chi connectivity index (χ0) is 22.3. The summed E-state index contributed by atoms with van der Waals surface area (Å²) in [6.45, 7) is 4.32. The number of benzene rings is 1. The number of rotatable bonds is 6. The molecule has 0 saturated carbocycles. The van der Waals surface area contributed by atoms with Crippen LogP contribution in [-0.4, -0.2) is 49.0 Å². The van der Waals surface area contributed by atoms with Gasteiger partial charge in [0, 0.05) is 40.8 Å². The summed E-state index contributed by atoms with van der Waals surface area (Å²) < 4.78 is 29.3. The Bertz CT molecular complexity index is 1220. The summed E-state index contributed by atoms with van der Waals surface area (Å²) in [7, 11) is -3.43. The summed E-state index contributed by atoms with van der Waals surface area (Å²) in [6, 6.07) is 13.9. The number of nitrogens with zero attached hydrogens (tertiary/aromatic N) is 3. The minimum Gasteiger partial charge on any atom is -0.298 e. The van der Waals surface area contributed by atoms with Crippen LogP contribution >= 0.6 is 27.3 Å². The summed E-state index contributed by atoms with van der Waals surface area (Å²) in [4.78, 5) is 11.9. The van der Waals surface area contributed by atoms with Crippen LogP contribution in [0, 0.1) is 12.8 Å². The fourth-order valence-corrected chi connectivity index (χ4v) is 7.56. The molecule has 6 rings (SSSR count). The van der Waals surface area contributed by atoms with E-state index in [4.69, 9.17) is 4.98 Å². The van der Waals surface area contributed by atoms with Gasteiger partial charge < -0.3 is 0 Å². The van der Waals surface area contributed by atoms with Gasteiger partial charge in [-0.25, -0.2) is 23.1 Å². The predicted octanol–water partition coefficient (Wildman–Crippen LogP) is 4.43. The molecule has 3 saturated heterocycles. The van der Waals surface area contributed by atoms with E-state index in [-0.39, 0.29) is 6.04 Å². The van der Waals surface area contributed by atoms with E-state index >= 15 is 0 Å². The first kappa shape index (κ1) is 22.2. The smallest absolute Gasteiger partial charge is 0.250 e. The number of sulfonamides is 1. The third-order valence-corrected chi connectivity index (χ3v) is 10.0. The number of hydrogen-bond acceptors (Lipinski definition) is 6. The normalized spacial score (nSPS) is 25.2. The average molecular weight is 534 g/mol. The van der Waals surface area contributed by atoms with Crippen LogP contribution in [0.2, 0.25) is 0 Å². The topological polar surface area (TPSA) is 75.2 Å². The molecule has 2 bridgehead atoms. The summed E-state index contributed by atoms with van der Waals surface area (Å²) in [5, 5.41) is 1.79. The van der Waals surface area contributed by atoms with Gasteiger partial charge in [-0.3, -0.25) is 4.90 Å². The van der Waals surface area contributed by atoms with E-state index in [0.717, 1.165) is 53.2 Å². The van der Waals surface area contributed by atoms with Crippen molar-refractivity contribution in [2.24, 2.45) is 5.92 Å². The van der Waals surface area contributed by atoms with E-state index < -0.39 is 10.0 Å². The molecular weight excluding hydrogens is 508 g/mol. The molecule has 3 aromatic rings. The van der Waals surface area contributed by atoms with Crippen molar-refractivity contribution < 1.29 is 8.42 Å². The molecule has 3 aliphatic rings. The Morgan fingerprint density at radius 2 is 2.06 bits per heavy atom. The summed E-state index contributed by atoms with van der Waals surface area (Å²) in [5.41, 5.74) is 3.11. The Balaban J connectivity index is 1.33. The first-order chi connectivity index (χ1) is 15.4. The van der Waals surface area contributed by atoms with Crippen LogP contribution in [0.4, 0.5) is 0 Å². The van der Waals surface area contributed by atoms with Crippen molar-refractivity contribution in [1.82, 2.24) is 19.6 Å². The van der Waals surface area contributed by atoms with Gasteiger partial charge in [0.2, 0.25) is 10.0 Å². The molecule has 4 atom stereocenters. The Labute approximate surface area is 201 Å². The van der Waals surface area contributed by atoms with Gasteiger partial charge in [0.05, 0.1) is 5.69 Å². The fraction of sp³-hybridized carbons (Fsp3) is 0.391. The number of piperidine rings is 3. The summed E-state index contributed by atoms with van der Waals surface area (Å²) in [6.07, 6.45) is 2.09. The first-order valence-corrected chi connectivity index (χ1v) is 13.9. The summed E-state index contributed by atoms with van der Waals surface area (Å²) >= 11 is 4.89. The van der Waals surface area contributed by atoms with Gasteiger partial charge in [-0.05, 0) is 55.8 Å². The van der Waals surface area contributed by atoms with E-state index in [0.29, 0.717) is 22.6 Å². The second-order valence-electron chi connectivity index (χ2n) is 8.53. The van der Waals surface area contributed by atoms with Gasteiger partial charge in [0.1, 0.15) is 10.0 Å². The van der Waals surface area contributed by atoms with E-state index in [1.807, 2.05) is 25.1 Å². The lowest BCUT2D eigenvalue weighted by Gasteiger charge is -2.49. The van der Waals surface area contributed by atoms with Gasteiger partial charge in [-0.15, -0.1) is 11.3 Å². The molecule has 0 amide bonds. The average Bonchev–Trinajstić information content (AvgIpc) is 3.34. The fourth-order valence-electron chi connectivity index (χ4n) is 4.97. The lowest BCUT2D eigenvalue weighted by molar-refractivity contribution is 0.0317. The third-order valence-electron chi connectivity index (χ3n) is 6.53. The van der Waals surface area contributed by atoms with Gasteiger partial charge in [0.15, 0.2) is 0 Å². The van der Waals surface area contributed by atoms with Crippen molar-refractivity contribution in [3.8, 4) is 11.3 Å². The van der Waals surface area contributed by atoms with Crippen molar-refractivity contribution in [3.63, 3.8) is 0 Å². The molecule has 4 unspecified atom stereocenters. The predicted molar refractivity (Wildman–Crippen MR) is 130 cm³/mol. The minimum absolute atomic E-state index is 0.227. The molecule has 0 spiro atoms. The van der Waals surface area contributed by atoms with E-state index in [1.54, 1.807) is 17.5 Å². The van der Waals surface area contributed by atoms with Crippen LogP contribution in [0.1, 0.15) is 30.3 Å². The molecule has 1 aromatic carbocycles. The molecule has 3 fully saturated rings. The largest absolute Gasteiger partial charge is 0.298 e. The van der Waals surface area contributed by atoms with E-state index in [1.165, 1.54) is 11.3 Å². The second-order valence-corrected chi connectivity index (χ2v) is 12.3. The molecule has 0 aliphatic carbocycles. The first-order valence-electron chi connectivity index (χ1n) is 10.8. The number of nitrogens with one attached hydrogen (secondary N) is 1. The molecule has 5 heterocycles. The quantitative estimate of drug-likeness (QED) is 0.508. The number of aromatic nitrogens is 2. The molecule has 2 aromatic heterocycles. The highest BCUT2D eigenvalue weighted by molar-refractivity contribution is 9.10. The Hall–Kier alpha value is -1.65. The molecular formula is C23H25BrN4O2S2. The lowest BCUT2D eigenvalue weighted by Crippen LogP contribution is -2.56. The Kier molecular flexibility index (Phi) is 6.19. The number of aryl methyl sites for hydroxylation is 1.